The summed E-state index contributed by atoms with van der Waals surface area (Å²) in [4.78, 5) is 12.1. The third-order valence-electron chi connectivity index (χ3n) is 2.34. The first kappa shape index (κ1) is 11.6. The maximum atomic E-state index is 12.7. The predicted molar refractivity (Wildman–Crippen MR) is 65.7 cm³/mol. The summed E-state index contributed by atoms with van der Waals surface area (Å²) in [5.41, 5.74) is 6.75. The van der Waals surface area contributed by atoms with E-state index in [1.165, 1.54) is 30.3 Å². The average Bonchev–Trinajstić information content (AvgIpc) is 2.32. The smallest absolute Gasteiger partial charge is 0.194 e. The van der Waals surface area contributed by atoms with Gasteiger partial charge in [-0.2, -0.15) is 0 Å². The second-order valence-corrected chi connectivity index (χ2v) is 3.98. The van der Waals surface area contributed by atoms with Crippen LogP contribution in [0.5, 0.6) is 0 Å². The summed E-state index contributed by atoms with van der Waals surface area (Å²) in [6.07, 6.45) is 0. The first-order valence-electron chi connectivity index (χ1n) is 4.93. The van der Waals surface area contributed by atoms with Crippen molar-refractivity contribution in [3.8, 4) is 0 Å². The van der Waals surface area contributed by atoms with Crippen molar-refractivity contribution in [1.82, 2.24) is 0 Å². The first-order chi connectivity index (χ1) is 8.08. The zero-order chi connectivity index (χ0) is 12.4. The monoisotopic (exact) mass is 249 g/mol. The van der Waals surface area contributed by atoms with Crippen molar-refractivity contribution in [2.75, 3.05) is 5.73 Å². The Kier molecular flexibility index (Phi) is 3.11. The van der Waals surface area contributed by atoms with Gasteiger partial charge in [0, 0.05) is 16.8 Å². The van der Waals surface area contributed by atoms with Gasteiger partial charge in [0.15, 0.2) is 5.78 Å². The molecule has 0 aliphatic carbocycles. The van der Waals surface area contributed by atoms with E-state index in [0.717, 1.165) is 0 Å². The van der Waals surface area contributed by atoms with Crippen LogP contribution in [0.4, 0.5) is 10.1 Å². The van der Waals surface area contributed by atoms with Crippen LogP contribution in [-0.2, 0) is 0 Å². The van der Waals surface area contributed by atoms with Crippen LogP contribution in [0.2, 0.25) is 5.02 Å². The molecule has 2 aromatic rings. The van der Waals surface area contributed by atoms with Gasteiger partial charge < -0.3 is 5.73 Å². The molecule has 0 aromatic heterocycles. The molecule has 0 saturated heterocycles. The van der Waals surface area contributed by atoms with Crippen molar-refractivity contribution in [2.24, 2.45) is 0 Å². The summed E-state index contributed by atoms with van der Waals surface area (Å²) < 4.78 is 12.7. The fourth-order valence-electron chi connectivity index (χ4n) is 1.47. The highest BCUT2D eigenvalue weighted by atomic mass is 35.5. The van der Waals surface area contributed by atoms with Crippen molar-refractivity contribution in [1.29, 1.82) is 0 Å². The zero-order valence-electron chi connectivity index (χ0n) is 8.78. The minimum atomic E-state index is -0.389. The number of rotatable bonds is 2. The number of carbonyl (C=O) groups excluding carboxylic acids is 1. The number of nitrogen functional groups attached to an aromatic ring is 1. The molecule has 0 fully saturated rings. The fourth-order valence-corrected chi connectivity index (χ4v) is 1.68. The Morgan fingerprint density at radius 3 is 2.41 bits per heavy atom. The molecule has 17 heavy (non-hydrogen) atoms. The molecular weight excluding hydrogens is 241 g/mol. The minimum Gasteiger partial charge on any atom is -0.399 e. The lowest BCUT2D eigenvalue weighted by Crippen LogP contribution is -2.03. The zero-order valence-corrected chi connectivity index (χ0v) is 9.54. The number of carbonyl (C=O) groups is 1. The summed E-state index contributed by atoms with van der Waals surface area (Å²) in [5, 5.41) is 0.327. The van der Waals surface area contributed by atoms with Crippen LogP contribution in [-0.4, -0.2) is 5.78 Å². The molecule has 0 heterocycles. The summed E-state index contributed by atoms with van der Waals surface area (Å²) in [6, 6.07) is 9.97. The van der Waals surface area contributed by atoms with Gasteiger partial charge in [-0.1, -0.05) is 11.6 Å². The Morgan fingerprint density at radius 2 is 1.76 bits per heavy atom. The topological polar surface area (TPSA) is 43.1 Å². The molecule has 2 rings (SSSR count). The van der Waals surface area contributed by atoms with Crippen LogP contribution >= 0.6 is 11.6 Å². The number of hydrogen-bond acceptors (Lipinski definition) is 2. The minimum absolute atomic E-state index is 0.276. The standard InChI is InChI=1S/C13H9ClFNO/c14-12-6-5-10(16)7-11(12)13(17)8-1-3-9(15)4-2-8/h1-7H,16H2. The number of hydrogen-bond donors (Lipinski definition) is 1. The summed E-state index contributed by atoms with van der Waals surface area (Å²) >= 11 is 5.92. The van der Waals surface area contributed by atoms with Crippen LogP contribution < -0.4 is 5.73 Å². The molecule has 4 heteroatoms. The van der Waals surface area contributed by atoms with Gasteiger partial charge in [0.05, 0.1) is 5.02 Å². The second-order valence-electron chi connectivity index (χ2n) is 3.58. The van der Waals surface area contributed by atoms with Gasteiger partial charge in [0.25, 0.3) is 0 Å². The van der Waals surface area contributed by atoms with Crippen molar-refractivity contribution in [3.63, 3.8) is 0 Å². The van der Waals surface area contributed by atoms with Crippen LogP contribution in [0.1, 0.15) is 15.9 Å². The van der Waals surface area contributed by atoms with Gasteiger partial charge in [-0.05, 0) is 42.5 Å². The number of anilines is 1. The molecule has 2 nitrogen and oxygen atoms in total. The van der Waals surface area contributed by atoms with Crippen molar-refractivity contribution in [2.45, 2.75) is 0 Å². The molecule has 0 aliphatic rings. The van der Waals surface area contributed by atoms with Crippen LogP contribution in [0, 0.1) is 5.82 Å². The Morgan fingerprint density at radius 1 is 1.12 bits per heavy atom. The van der Waals surface area contributed by atoms with E-state index in [1.54, 1.807) is 12.1 Å². The lowest BCUT2D eigenvalue weighted by Gasteiger charge is -2.04. The SMILES string of the molecule is Nc1ccc(Cl)c(C(=O)c2ccc(F)cc2)c1. The Hall–Kier alpha value is -1.87. The largest absolute Gasteiger partial charge is 0.399 e. The molecule has 0 amide bonds. The fraction of sp³-hybridized carbons (Fsp3) is 0. The van der Waals surface area contributed by atoms with Crippen molar-refractivity contribution >= 4 is 23.1 Å². The Labute approximate surface area is 103 Å². The van der Waals surface area contributed by atoms with E-state index in [4.69, 9.17) is 17.3 Å². The molecule has 0 atom stereocenters. The summed E-state index contributed by atoms with van der Waals surface area (Å²) in [6.45, 7) is 0. The highest BCUT2D eigenvalue weighted by molar-refractivity contribution is 6.35. The lowest BCUT2D eigenvalue weighted by molar-refractivity contribution is 0.103. The number of benzene rings is 2. The van der Waals surface area contributed by atoms with Gasteiger partial charge in [0.1, 0.15) is 5.82 Å². The summed E-state index contributed by atoms with van der Waals surface area (Å²) in [5.74, 6) is -0.664. The van der Waals surface area contributed by atoms with Crippen molar-refractivity contribution in [3.05, 3.63) is 64.4 Å². The maximum absolute atomic E-state index is 12.7. The molecule has 0 saturated carbocycles. The molecule has 0 bridgehead atoms. The van der Waals surface area contributed by atoms with E-state index in [-0.39, 0.29) is 11.6 Å². The van der Waals surface area contributed by atoms with Gasteiger partial charge in [0.2, 0.25) is 0 Å². The van der Waals surface area contributed by atoms with E-state index >= 15 is 0 Å². The van der Waals surface area contributed by atoms with E-state index in [2.05, 4.69) is 0 Å². The molecule has 2 aromatic carbocycles. The molecule has 0 unspecified atom stereocenters. The number of halogens is 2. The van der Waals surface area contributed by atoms with Crippen LogP contribution in [0.25, 0.3) is 0 Å². The Balaban J connectivity index is 2.43. The van der Waals surface area contributed by atoms with Crippen LogP contribution in [0.15, 0.2) is 42.5 Å². The molecule has 0 radical (unpaired) electrons. The van der Waals surface area contributed by atoms with Gasteiger partial charge in [-0.3, -0.25) is 4.79 Å². The third kappa shape index (κ3) is 2.45. The number of ketones is 1. The lowest BCUT2D eigenvalue weighted by atomic mass is 10.0. The highest BCUT2D eigenvalue weighted by Gasteiger charge is 2.13. The van der Waals surface area contributed by atoms with Crippen molar-refractivity contribution < 1.29 is 9.18 Å². The molecule has 0 aliphatic heterocycles. The van der Waals surface area contributed by atoms with Gasteiger partial charge in [-0.15, -0.1) is 0 Å². The summed E-state index contributed by atoms with van der Waals surface area (Å²) in [7, 11) is 0. The number of nitrogens with two attached hydrogens (primary N) is 1. The van der Waals surface area contributed by atoms with E-state index in [0.29, 0.717) is 21.8 Å². The average molecular weight is 250 g/mol. The van der Waals surface area contributed by atoms with E-state index in [9.17, 15) is 9.18 Å². The predicted octanol–water partition coefficient (Wildman–Crippen LogP) is 3.29. The van der Waals surface area contributed by atoms with E-state index in [1.807, 2.05) is 0 Å². The first-order valence-corrected chi connectivity index (χ1v) is 5.31. The maximum Gasteiger partial charge on any atom is 0.194 e. The third-order valence-corrected chi connectivity index (χ3v) is 2.67. The highest BCUT2D eigenvalue weighted by Crippen LogP contribution is 2.22. The normalized spacial score (nSPS) is 10.2. The Bertz CT molecular complexity index is 566. The molecular formula is C13H9ClFNO. The molecule has 2 N–H and O–H groups in total. The molecule has 86 valence electrons. The quantitative estimate of drug-likeness (QED) is 0.656. The van der Waals surface area contributed by atoms with Crippen LogP contribution in [0.3, 0.4) is 0 Å². The van der Waals surface area contributed by atoms with E-state index < -0.39 is 0 Å². The molecule has 0 spiro atoms. The van der Waals surface area contributed by atoms with Gasteiger partial charge in [-0.25, -0.2) is 4.39 Å². The van der Waals surface area contributed by atoms with Gasteiger partial charge >= 0.3 is 0 Å². The second kappa shape index (κ2) is 4.55.